The number of aromatic nitrogens is 1. The molecule has 1 nitrogen and oxygen atoms in total. The molecule has 1 heterocycles. The molecule has 0 aliphatic rings. The van der Waals surface area contributed by atoms with Crippen LogP contribution in [0.15, 0.2) is 35.2 Å². The molecule has 2 rings (SSSR count). The molecular weight excluding hydrogens is 166 g/mol. The van der Waals surface area contributed by atoms with Crippen molar-refractivity contribution in [3.8, 4) is 11.3 Å². The van der Waals surface area contributed by atoms with Gasteiger partial charge in [0, 0.05) is 10.9 Å². The molecule has 0 atom stereocenters. The van der Waals surface area contributed by atoms with Crippen LogP contribution in [0.3, 0.4) is 0 Å². The first kappa shape index (κ1) is 7.50. The van der Waals surface area contributed by atoms with Crippen molar-refractivity contribution < 1.29 is 0 Å². The molecule has 60 valence electrons. The molecule has 0 fully saturated rings. The van der Waals surface area contributed by atoms with Crippen molar-refractivity contribution >= 4 is 11.3 Å². The maximum Gasteiger partial charge on any atom is 0.0811 e. The first-order valence-electron chi connectivity index (χ1n) is 3.81. The van der Waals surface area contributed by atoms with Crippen molar-refractivity contribution in [3.05, 3.63) is 40.7 Å². The Morgan fingerprint density at radius 2 is 2.25 bits per heavy atom. The zero-order valence-corrected chi connectivity index (χ0v) is 7.64. The zero-order valence-electron chi connectivity index (χ0n) is 6.82. The molecule has 12 heavy (non-hydrogen) atoms. The highest BCUT2D eigenvalue weighted by Gasteiger charge is 1.97. The van der Waals surface area contributed by atoms with E-state index in [1.165, 1.54) is 11.1 Å². The first-order valence-corrected chi connectivity index (χ1v) is 4.76. The van der Waals surface area contributed by atoms with Crippen LogP contribution >= 0.6 is 11.3 Å². The van der Waals surface area contributed by atoms with E-state index < -0.39 is 0 Å². The van der Waals surface area contributed by atoms with E-state index in [1.54, 1.807) is 11.3 Å². The number of aryl methyl sites for hydroxylation is 1. The highest BCUT2D eigenvalue weighted by Crippen LogP contribution is 2.19. The minimum atomic E-state index is 1.07. The number of rotatable bonds is 1. The molecule has 2 aromatic rings. The van der Waals surface area contributed by atoms with E-state index in [0.29, 0.717) is 0 Å². The Kier molecular flexibility index (Phi) is 1.92. The predicted octanol–water partition coefficient (Wildman–Crippen LogP) is 3.12. The van der Waals surface area contributed by atoms with Gasteiger partial charge in [-0.15, -0.1) is 11.3 Å². The summed E-state index contributed by atoms with van der Waals surface area (Å²) < 4.78 is 0. The Morgan fingerprint density at radius 1 is 1.33 bits per heavy atom. The third-order valence-corrected chi connectivity index (χ3v) is 2.33. The topological polar surface area (TPSA) is 12.9 Å². The zero-order chi connectivity index (χ0) is 8.39. The van der Waals surface area contributed by atoms with Crippen LogP contribution in [-0.2, 0) is 0 Å². The second-order valence-corrected chi connectivity index (χ2v) is 3.46. The molecule has 0 radical (unpaired) electrons. The molecule has 0 unspecified atom stereocenters. The molecular formula is C10H9NS. The second kappa shape index (κ2) is 3.07. The molecule has 0 aliphatic heterocycles. The fraction of sp³-hybridized carbons (Fsp3) is 0.100. The van der Waals surface area contributed by atoms with Crippen molar-refractivity contribution in [2.45, 2.75) is 6.92 Å². The average Bonchev–Trinajstić information content (AvgIpc) is 2.56. The highest BCUT2D eigenvalue weighted by molar-refractivity contribution is 7.07. The molecule has 0 N–H and O–H groups in total. The van der Waals surface area contributed by atoms with Gasteiger partial charge in [0.05, 0.1) is 11.2 Å². The maximum atomic E-state index is 4.25. The summed E-state index contributed by atoms with van der Waals surface area (Å²) >= 11 is 1.63. The second-order valence-electron chi connectivity index (χ2n) is 2.74. The van der Waals surface area contributed by atoms with Crippen LogP contribution in [0.25, 0.3) is 11.3 Å². The quantitative estimate of drug-likeness (QED) is 0.649. The van der Waals surface area contributed by atoms with Gasteiger partial charge in [0.1, 0.15) is 0 Å². The lowest BCUT2D eigenvalue weighted by molar-refractivity contribution is 1.39. The fourth-order valence-electron chi connectivity index (χ4n) is 1.16. The summed E-state index contributed by atoms with van der Waals surface area (Å²) in [5, 5.41) is 2.06. The van der Waals surface area contributed by atoms with E-state index in [0.717, 1.165) is 5.69 Å². The van der Waals surface area contributed by atoms with Crippen LogP contribution in [-0.4, -0.2) is 4.98 Å². The third-order valence-electron chi connectivity index (χ3n) is 1.75. The van der Waals surface area contributed by atoms with Crippen LogP contribution in [0.4, 0.5) is 0 Å². The summed E-state index contributed by atoms with van der Waals surface area (Å²) in [6, 6.07) is 8.39. The Morgan fingerprint density at radius 3 is 2.92 bits per heavy atom. The highest BCUT2D eigenvalue weighted by atomic mass is 32.1. The minimum Gasteiger partial charge on any atom is -0.245 e. The molecule has 0 amide bonds. The van der Waals surface area contributed by atoms with E-state index in [9.17, 15) is 0 Å². The van der Waals surface area contributed by atoms with Crippen LogP contribution in [0.2, 0.25) is 0 Å². The van der Waals surface area contributed by atoms with Gasteiger partial charge in [0.25, 0.3) is 0 Å². The van der Waals surface area contributed by atoms with E-state index in [-0.39, 0.29) is 0 Å². The maximum absolute atomic E-state index is 4.25. The van der Waals surface area contributed by atoms with Crippen molar-refractivity contribution in [2.75, 3.05) is 0 Å². The average molecular weight is 175 g/mol. The van der Waals surface area contributed by atoms with Gasteiger partial charge in [0.15, 0.2) is 0 Å². The third kappa shape index (κ3) is 1.38. The van der Waals surface area contributed by atoms with Gasteiger partial charge >= 0.3 is 0 Å². The van der Waals surface area contributed by atoms with Gasteiger partial charge in [-0.3, -0.25) is 0 Å². The number of nitrogens with zero attached hydrogens (tertiary/aromatic N) is 1. The lowest BCUT2D eigenvalue weighted by Crippen LogP contribution is -1.77. The Labute approximate surface area is 75.7 Å². The fourth-order valence-corrected chi connectivity index (χ4v) is 1.72. The largest absolute Gasteiger partial charge is 0.245 e. The number of hydrogen-bond donors (Lipinski definition) is 0. The van der Waals surface area contributed by atoms with Crippen LogP contribution in [0, 0.1) is 6.92 Å². The summed E-state index contributed by atoms with van der Waals surface area (Å²) in [4.78, 5) is 4.25. The molecule has 0 saturated carbocycles. The van der Waals surface area contributed by atoms with Crippen molar-refractivity contribution in [1.82, 2.24) is 4.98 Å². The minimum absolute atomic E-state index is 1.07. The van der Waals surface area contributed by atoms with Gasteiger partial charge in [-0.2, -0.15) is 0 Å². The van der Waals surface area contributed by atoms with Crippen LogP contribution in [0.1, 0.15) is 5.56 Å². The molecule has 0 spiro atoms. The summed E-state index contributed by atoms with van der Waals surface area (Å²) in [7, 11) is 0. The molecule has 0 aliphatic carbocycles. The molecule has 0 bridgehead atoms. The van der Waals surface area contributed by atoms with E-state index in [1.807, 2.05) is 5.51 Å². The van der Waals surface area contributed by atoms with Gasteiger partial charge in [0.2, 0.25) is 0 Å². The van der Waals surface area contributed by atoms with Crippen LogP contribution < -0.4 is 0 Å². The molecule has 0 saturated heterocycles. The first-order chi connectivity index (χ1) is 5.86. The van der Waals surface area contributed by atoms with Gasteiger partial charge in [-0.1, -0.05) is 23.8 Å². The van der Waals surface area contributed by atoms with Crippen molar-refractivity contribution in [1.29, 1.82) is 0 Å². The molecule has 1 aromatic heterocycles. The van der Waals surface area contributed by atoms with E-state index in [4.69, 9.17) is 0 Å². The Balaban J connectivity index is 2.48. The standard InChI is InChI=1S/C10H9NS/c1-8-3-2-4-9(5-8)10-6-12-7-11-10/h2-7H,1H3. The van der Waals surface area contributed by atoms with Crippen LogP contribution in [0.5, 0.6) is 0 Å². The Bertz CT molecular complexity index is 365. The van der Waals surface area contributed by atoms with E-state index in [2.05, 4.69) is 41.6 Å². The normalized spacial score (nSPS) is 10.1. The predicted molar refractivity (Wildman–Crippen MR) is 52.3 cm³/mol. The van der Waals surface area contributed by atoms with Gasteiger partial charge < -0.3 is 0 Å². The van der Waals surface area contributed by atoms with Gasteiger partial charge in [-0.05, 0) is 13.0 Å². The number of thiazole rings is 1. The lowest BCUT2D eigenvalue weighted by Gasteiger charge is -1.96. The Hall–Kier alpha value is -1.15. The van der Waals surface area contributed by atoms with Gasteiger partial charge in [-0.25, -0.2) is 4.98 Å². The number of hydrogen-bond acceptors (Lipinski definition) is 2. The van der Waals surface area contributed by atoms with Crippen molar-refractivity contribution in [3.63, 3.8) is 0 Å². The molecule has 1 aromatic carbocycles. The van der Waals surface area contributed by atoms with E-state index >= 15 is 0 Å². The summed E-state index contributed by atoms with van der Waals surface area (Å²) in [5.41, 5.74) is 5.41. The summed E-state index contributed by atoms with van der Waals surface area (Å²) in [6.45, 7) is 2.09. The number of benzene rings is 1. The van der Waals surface area contributed by atoms with Crippen molar-refractivity contribution in [2.24, 2.45) is 0 Å². The molecule has 2 heteroatoms. The SMILES string of the molecule is Cc1cccc(-c2cscn2)c1. The summed E-state index contributed by atoms with van der Waals surface area (Å²) in [6.07, 6.45) is 0. The summed E-state index contributed by atoms with van der Waals surface area (Å²) in [5.74, 6) is 0. The smallest absolute Gasteiger partial charge is 0.0811 e. The monoisotopic (exact) mass is 175 g/mol. The lowest BCUT2D eigenvalue weighted by atomic mass is 10.1.